The van der Waals surface area contributed by atoms with Crippen molar-refractivity contribution in [1.29, 1.82) is 0 Å². The number of nitrogens with two attached hydrogens (primary N) is 1. The second-order valence-electron chi connectivity index (χ2n) is 4.37. The molecule has 1 saturated heterocycles. The summed E-state index contributed by atoms with van der Waals surface area (Å²) in [5, 5.41) is 0. The molecule has 0 saturated carbocycles. The van der Waals surface area contributed by atoms with Gasteiger partial charge in [0.05, 0.1) is 0 Å². The Hall–Kier alpha value is -1.26. The molecule has 0 radical (unpaired) electrons. The highest BCUT2D eigenvalue weighted by atomic mass is 16.6. The molecule has 0 bridgehead atoms. The summed E-state index contributed by atoms with van der Waals surface area (Å²) in [7, 11) is 0. The molecule has 1 aliphatic rings. The van der Waals surface area contributed by atoms with Gasteiger partial charge in [-0.05, 0) is 20.8 Å². The molecular formula is C9H16N2O3. The van der Waals surface area contributed by atoms with Crippen molar-refractivity contribution < 1.29 is 14.3 Å². The molecule has 0 aromatic heterocycles. The number of carbonyl (C=O) groups is 2. The monoisotopic (exact) mass is 200 g/mol. The number of hydrogen-bond donors (Lipinski definition) is 1. The van der Waals surface area contributed by atoms with Gasteiger partial charge >= 0.3 is 6.09 Å². The molecule has 2 amide bonds. The van der Waals surface area contributed by atoms with E-state index >= 15 is 0 Å². The van der Waals surface area contributed by atoms with Gasteiger partial charge < -0.3 is 15.4 Å². The third-order valence-corrected chi connectivity index (χ3v) is 2.22. The van der Waals surface area contributed by atoms with Crippen LogP contribution in [0.1, 0.15) is 27.2 Å². The number of carbonyl (C=O) groups excluding carboxylic acids is 2. The van der Waals surface area contributed by atoms with Crippen LogP contribution in [-0.4, -0.2) is 35.1 Å². The maximum atomic E-state index is 11.7. The van der Waals surface area contributed by atoms with Gasteiger partial charge in [-0.15, -0.1) is 0 Å². The lowest BCUT2D eigenvalue weighted by Crippen LogP contribution is -2.44. The first-order valence-electron chi connectivity index (χ1n) is 4.60. The van der Waals surface area contributed by atoms with Crippen molar-refractivity contribution in [1.82, 2.24) is 4.90 Å². The average Bonchev–Trinajstić information content (AvgIpc) is 2.30. The van der Waals surface area contributed by atoms with Crippen LogP contribution in [0, 0.1) is 0 Å². The van der Waals surface area contributed by atoms with Crippen molar-refractivity contribution >= 4 is 12.0 Å². The molecule has 0 spiro atoms. The minimum absolute atomic E-state index is 0.156. The van der Waals surface area contributed by atoms with E-state index in [1.165, 1.54) is 0 Å². The van der Waals surface area contributed by atoms with Crippen molar-refractivity contribution in [2.75, 3.05) is 6.54 Å². The molecule has 5 heteroatoms. The lowest BCUT2D eigenvalue weighted by Gasteiger charge is -2.31. The molecule has 2 N–H and O–H groups in total. The van der Waals surface area contributed by atoms with Gasteiger partial charge in [0.25, 0.3) is 5.91 Å². The van der Waals surface area contributed by atoms with Crippen molar-refractivity contribution in [3.63, 3.8) is 0 Å². The summed E-state index contributed by atoms with van der Waals surface area (Å²) in [6.45, 7) is 6.44. The largest absolute Gasteiger partial charge is 0.436 e. The molecule has 1 atom stereocenters. The second kappa shape index (κ2) is 3.48. The summed E-state index contributed by atoms with van der Waals surface area (Å²) in [6.07, 6.45) is -1.05. The lowest BCUT2D eigenvalue weighted by molar-refractivity contribution is -0.138. The van der Waals surface area contributed by atoms with Gasteiger partial charge in [-0.3, -0.25) is 4.79 Å². The smallest absolute Gasteiger partial charge is 0.405 e. The topological polar surface area (TPSA) is 72.6 Å². The van der Waals surface area contributed by atoms with Crippen LogP contribution in [0.25, 0.3) is 0 Å². The van der Waals surface area contributed by atoms with Crippen molar-refractivity contribution in [3.8, 4) is 0 Å². The Morgan fingerprint density at radius 2 is 2.14 bits per heavy atom. The Labute approximate surface area is 83.2 Å². The van der Waals surface area contributed by atoms with Crippen LogP contribution in [0.3, 0.4) is 0 Å². The summed E-state index contributed by atoms with van der Waals surface area (Å²) < 4.78 is 4.70. The van der Waals surface area contributed by atoms with Crippen LogP contribution in [-0.2, 0) is 9.53 Å². The Balaban J connectivity index is 2.65. The minimum Gasteiger partial charge on any atom is -0.436 e. The molecule has 1 heterocycles. The van der Waals surface area contributed by atoms with E-state index in [9.17, 15) is 9.59 Å². The summed E-state index contributed by atoms with van der Waals surface area (Å²) >= 11 is 0. The molecule has 5 nitrogen and oxygen atoms in total. The number of amides is 2. The molecule has 0 aliphatic carbocycles. The number of hydrogen-bond acceptors (Lipinski definition) is 3. The van der Waals surface area contributed by atoms with E-state index in [0.717, 1.165) is 0 Å². The first-order valence-corrected chi connectivity index (χ1v) is 4.60. The van der Waals surface area contributed by atoms with Crippen LogP contribution in [0.2, 0.25) is 0 Å². The standard InChI is InChI=1S/C9H16N2O3/c1-9(2,3)11-5-4-6(7(11)12)14-8(10)13/h6H,4-5H2,1-3H3,(H2,10,13). The fourth-order valence-corrected chi connectivity index (χ4v) is 1.57. The van der Waals surface area contributed by atoms with Crippen LogP contribution in [0.5, 0.6) is 0 Å². The molecule has 1 rings (SSSR count). The third-order valence-electron chi connectivity index (χ3n) is 2.22. The van der Waals surface area contributed by atoms with Crippen LogP contribution in [0.15, 0.2) is 0 Å². The van der Waals surface area contributed by atoms with Crippen LogP contribution >= 0.6 is 0 Å². The molecule has 0 aromatic carbocycles. The van der Waals surface area contributed by atoms with Gasteiger partial charge in [0.2, 0.25) is 0 Å². The number of ether oxygens (including phenoxy) is 1. The zero-order chi connectivity index (χ0) is 10.9. The van der Waals surface area contributed by atoms with E-state index in [2.05, 4.69) is 0 Å². The molecule has 1 aliphatic heterocycles. The normalized spacial score (nSPS) is 22.6. The number of nitrogens with zero attached hydrogens (tertiary/aromatic N) is 1. The highest BCUT2D eigenvalue weighted by molar-refractivity contribution is 5.85. The summed E-state index contributed by atoms with van der Waals surface area (Å²) in [6, 6.07) is 0. The SMILES string of the molecule is CC(C)(C)N1CCC(OC(N)=O)C1=O. The number of likely N-dealkylation sites (tertiary alicyclic amines) is 1. The molecule has 0 aromatic rings. The van der Waals surface area contributed by atoms with E-state index in [4.69, 9.17) is 10.5 Å². The van der Waals surface area contributed by atoms with Gasteiger partial charge in [0, 0.05) is 18.5 Å². The highest BCUT2D eigenvalue weighted by Gasteiger charge is 2.39. The maximum Gasteiger partial charge on any atom is 0.405 e. The predicted octanol–water partition coefficient (Wildman–Crippen LogP) is 0.481. The maximum absolute atomic E-state index is 11.7. The number of rotatable bonds is 1. The van der Waals surface area contributed by atoms with Gasteiger partial charge in [-0.25, -0.2) is 4.79 Å². The van der Waals surface area contributed by atoms with E-state index in [1.54, 1.807) is 4.90 Å². The molecule has 80 valence electrons. The fraction of sp³-hybridized carbons (Fsp3) is 0.778. The Bertz CT molecular complexity index is 257. The van der Waals surface area contributed by atoms with Crippen LogP contribution in [0.4, 0.5) is 4.79 Å². The van der Waals surface area contributed by atoms with E-state index < -0.39 is 12.2 Å². The Kier molecular flexibility index (Phi) is 2.69. The average molecular weight is 200 g/mol. The van der Waals surface area contributed by atoms with Crippen molar-refractivity contribution in [3.05, 3.63) is 0 Å². The van der Waals surface area contributed by atoms with E-state index in [-0.39, 0.29) is 11.4 Å². The third kappa shape index (κ3) is 2.16. The zero-order valence-corrected chi connectivity index (χ0v) is 8.74. The van der Waals surface area contributed by atoms with Crippen LogP contribution < -0.4 is 5.73 Å². The molecule has 1 fully saturated rings. The first kappa shape index (κ1) is 10.8. The predicted molar refractivity (Wildman–Crippen MR) is 50.5 cm³/mol. The number of primary amides is 1. The van der Waals surface area contributed by atoms with Gasteiger partial charge in [0.1, 0.15) is 0 Å². The molecule has 1 unspecified atom stereocenters. The van der Waals surface area contributed by atoms with Gasteiger partial charge in [0.15, 0.2) is 6.10 Å². The van der Waals surface area contributed by atoms with Gasteiger partial charge in [-0.1, -0.05) is 0 Å². The van der Waals surface area contributed by atoms with E-state index in [0.29, 0.717) is 13.0 Å². The molecular weight excluding hydrogens is 184 g/mol. The van der Waals surface area contributed by atoms with Crippen molar-refractivity contribution in [2.24, 2.45) is 5.73 Å². The Morgan fingerprint density at radius 3 is 2.50 bits per heavy atom. The fourth-order valence-electron chi connectivity index (χ4n) is 1.57. The Morgan fingerprint density at radius 1 is 1.57 bits per heavy atom. The highest BCUT2D eigenvalue weighted by Crippen LogP contribution is 2.23. The molecule has 14 heavy (non-hydrogen) atoms. The van der Waals surface area contributed by atoms with Gasteiger partial charge in [-0.2, -0.15) is 0 Å². The summed E-state index contributed by atoms with van der Waals surface area (Å²) in [5.74, 6) is -0.156. The van der Waals surface area contributed by atoms with Crippen molar-refractivity contribution in [2.45, 2.75) is 38.8 Å². The first-order chi connectivity index (χ1) is 6.32. The lowest BCUT2D eigenvalue weighted by atomic mass is 10.1. The zero-order valence-electron chi connectivity index (χ0n) is 8.74. The summed E-state index contributed by atoms with van der Waals surface area (Å²) in [5.41, 5.74) is 4.63. The summed E-state index contributed by atoms with van der Waals surface area (Å²) in [4.78, 5) is 23.9. The quantitative estimate of drug-likeness (QED) is 0.669. The van der Waals surface area contributed by atoms with E-state index in [1.807, 2.05) is 20.8 Å². The minimum atomic E-state index is -0.890. The second-order valence-corrected chi connectivity index (χ2v) is 4.37.